The molecule has 0 saturated carbocycles. The molecule has 9 heteroatoms. The second-order valence-electron chi connectivity index (χ2n) is 6.61. The average Bonchev–Trinajstić information content (AvgIpc) is 2.73. The van der Waals surface area contributed by atoms with Crippen LogP contribution in [-0.2, 0) is 4.74 Å². The molecule has 1 aromatic carbocycles. The van der Waals surface area contributed by atoms with Crippen LogP contribution >= 0.6 is 0 Å². The van der Waals surface area contributed by atoms with Crippen molar-refractivity contribution in [3.8, 4) is 11.5 Å². The molecule has 1 saturated heterocycles. The maximum Gasteiger partial charge on any atom is 0.284 e. The van der Waals surface area contributed by atoms with E-state index in [0.29, 0.717) is 61.6 Å². The molecule has 1 aliphatic rings. The topological polar surface area (TPSA) is 110 Å². The summed E-state index contributed by atoms with van der Waals surface area (Å²) in [5.41, 5.74) is 6.89. The van der Waals surface area contributed by atoms with Gasteiger partial charge in [-0.3, -0.25) is 5.41 Å². The van der Waals surface area contributed by atoms with E-state index in [1.165, 1.54) is 0 Å². The summed E-state index contributed by atoms with van der Waals surface area (Å²) in [7, 11) is 3.17. The Morgan fingerprint density at radius 1 is 1.11 bits per heavy atom. The number of piperazine rings is 1. The van der Waals surface area contributed by atoms with Crippen LogP contribution < -0.4 is 20.1 Å². The number of fused-ring (bicyclic) bond motifs is 1. The van der Waals surface area contributed by atoms with Gasteiger partial charge in [-0.05, 0) is 12.5 Å². The molecule has 0 unspecified atom stereocenters. The van der Waals surface area contributed by atoms with Crippen molar-refractivity contribution < 1.29 is 14.2 Å². The zero-order valence-corrected chi connectivity index (χ0v) is 16.7. The monoisotopic (exact) mass is 388 g/mol. The molecule has 9 nitrogen and oxygen atoms in total. The molecule has 28 heavy (non-hydrogen) atoms. The highest BCUT2D eigenvalue weighted by Gasteiger charge is 2.23. The highest BCUT2D eigenvalue weighted by molar-refractivity contribution is 5.91. The minimum absolute atomic E-state index is 0.240. The number of unbranched alkanes of at least 4 members (excludes halogenated alkanes) is 1. The molecule has 3 rings (SSSR count). The number of hydrogen-bond acceptors (Lipinski definition) is 8. The summed E-state index contributed by atoms with van der Waals surface area (Å²) < 4.78 is 16.2. The van der Waals surface area contributed by atoms with E-state index in [4.69, 9.17) is 25.4 Å². The Bertz CT molecular complexity index is 836. The smallest absolute Gasteiger partial charge is 0.284 e. The predicted octanol–water partition coefficient (Wildman–Crippen LogP) is 2.10. The molecule has 0 bridgehead atoms. The van der Waals surface area contributed by atoms with E-state index in [1.54, 1.807) is 20.3 Å². The zero-order valence-electron chi connectivity index (χ0n) is 16.7. The third-order valence-electron chi connectivity index (χ3n) is 4.81. The summed E-state index contributed by atoms with van der Waals surface area (Å²) in [6.07, 6.45) is 2.01. The van der Waals surface area contributed by atoms with E-state index in [0.717, 1.165) is 18.2 Å². The summed E-state index contributed by atoms with van der Waals surface area (Å²) in [6.45, 7) is 5.43. The molecular weight excluding hydrogens is 360 g/mol. The molecule has 152 valence electrons. The number of nitrogens with two attached hydrogens (primary N) is 1. The molecule has 2 aromatic rings. The van der Waals surface area contributed by atoms with Crippen molar-refractivity contribution >= 4 is 28.7 Å². The second-order valence-corrected chi connectivity index (χ2v) is 6.61. The molecule has 1 aromatic heterocycles. The summed E-state index contributed by atoms with van der Waals surface area (Å²) in [4.78, 5) is 13.2. The molecule has 0 radical (unpaired) electrons. The molecule has 2 heterocycles. The number of nitrogens with one attached hydrogen (secondary N) is 1. The van der Waals surface area contributed by atoms with E-state index >= 15 is 0 Å². The van der Waals surface area contributed by atoms with Gasteiger partial charge in [0.25, 0.3) is 6.02 Å². The van der Waals surface area contributed by atoms with Crippen molar-refractivity contribution in [2.24, 2.45) is 0 Å². The zero-order chi connectivity index (χ0) is 20.1. The molecule has 0 atom stereocenters. The van der Waals surface area contributed by atoms with Crippen LogP contribution in [-0.4, -0.2) is 67.9 Å². The summed E-state index contributed by atoms with van der Waals surface area (Å²) in [5, 5.41) is 8.79. The van der Waals surface area contributed by atoms with Crippen LogP contribution in [0.3, 0.4) is 0 Å². The fraction of sp³-hybridized carbons (Fsp3) is 0.526. The van der Waals surface area contributed by atoms with Crippen molar-refractivity contribution in [3.63, 3.8) is 0 Å². The Hall–Kier alpha value is -2.97. The fourth-order valence-corrected chi connectivity index (χ4v) is 3.12. The standard InChI is InChI=1S/C19H28N6O3/c1-4-5-10-28-18(21)24-6-8-25(9-7-24)19-22-14-12-16(27-3)15(26-2)11-13(14)17(20)23-19/h11-12,21H,4-10H2,1-3H3,(H2,20,22,23). The number of nitrogen functional groups attached to an aromatic ring is 1. The number of benzene rings is 1. The quantitative estimate of drug-likeness (QED) is 0.440. The van der Waals surface area contributed by atoms with Gasteiger partial charge >= 0.3 is 0 Å². The predicted molar refractivity (Wildman–Crippen MR) is 109 cm³/mol. The average molecular weight is 388 g/mol. The van der Waals surface area contributed by atoms with Gasteiger partial charge in [-0.15, -0.1) is 0 Å². The first-order chi connectivity index (χ1) is 13.6. The number of rotatable bonds is 6. The largest absolute Gasteiger partial charge is 0.493 e. The number of amidine groups is 1. The fourth-order valence-electron chi connectivity index (χ4n) is 3.12. The van der Waals surface area contributed by atoms with Crippen molar-refractivity contribution in [2.75, 3.05) is 57.6 Å². The van der Waals surface area contributed by atoms with Crippen LogP contribution in [0.25, 0.3) is 10.9 Å². The van der Waals surface area contributed by atoms with Crippen molar-refractivity contribution in [3.05, 3.63) is 12.1 Å². The summed E-state index contributed by atoms with van der Waals surface area (Å²) in [5.74, 6) is 2.17. The number of aromatic nitrogens is 2. The number of ether oxygens (including phenoxy) is 3. The van der Waals surface area contributed by atoms with Gasteiger partial charge in [0.1, 0.15) is 5.82 Å². The van der Waals surface area contributed by atoms with Crippen LogP contribution in [0.15, 0.2) is 12.1 Å². The van der Waals surface area contributed by atoms with Gasteiger partial charge in [-0.1, -0.05) is 13.3 Å². The summed E-state index contributed by atoms with van der Waals surface area (Å²) in [6, 6.07) is 3.84. The van der Waals surface area contributed by atoms with Gasteiger partial charge in [-0.2, -0.15) is 4.98 Å². The third kappa shape index (κ3) is 4.13. The Kier molecular flexibility index (Phi) is 6.23. The molecule has 0 amide bonds. The van der Waals surface area contributed by atoms with E-state index in [-0.39, 0.29) is 6.02 Å². The Labute approximate surface area is 164 Å². The van der Waals surface area contributed by atoms with E-state index in [1.807, 2.05) is 11.0 Å². The Morgan fingerprint density at radius 2 is 1.79 bits per heavy atom. The SMILES string of the molecule is CCCCOC(=N)N1CCN(c2nc(N)c3cc(OC)c(OC)cc3n2)CC1. The first-order valence-electron chi connectivity index (χ1n) is 9.47. The van der Waals surface area contributed by atoms with Gasteiger partial charge < -0.3 is 29.7 Å². The third-order valence-corrected chi connectivity index (χ3v) is 4.81. The minimum atomic E-state index is 0.240. The molecule has 0 spiro atoms. The molecule has 1 fully saturated rings. The van der Waals surface area contributed by atoms with Crippen LogP contribution in [0.2, 0.25) is 0 Å². The number of anilines is 2. The van der Waals surface area contributed by atoms with Gasteiger partial charge in [0.05, 0.1) is 26.3 Å². The first kappa shape index (κ1) is 19.8. The Morgan fingerprint density at radius 3 is 2.43 bits per heavy atom. The normalized spacial score (nSPS) is 14.2. The molecule has 0 aliphatic carbocycles. The lowest BCUT2D eigenvalue weighted by Crippen LogP contribution is -2.49. The second kappa shape index (κ2) is 8.81. The maximum absolute atomic E-state index is 8.07. The molecule has 3 N–H and O–H groups in total. The first-order valence-corrected chi connectivity index (χ1v) is 9.47. The highest BCUT2D eigenvalue weighted by atomic mass is 16.5. The van der Waals surface area contributed by atoms with E-state index in [9.17, 15) is 0 Å². The van der Waals surface area contributed by atoms with E-state index < -0.39 is 0 Å². The molecule has 1 aliphatic heterocycles. The van der Waals surface area contributed by atoms with Crippen LogP contribution in [0, 0.1) is 5.41 Å². The summed E-state index contributed by atoms with van der Waals surface area (Å²) >= 11 is 0. The molecular formula is C19H28N6O3. The minimum Gasteiger partial charge on any atom is -0.493 e. The maximum atomic E-state index is 8.07. The lowest BCUT2D eigenvalue weighted by atomic mass is 10.2. The lowest BCUT2D eigenvalue weighted by molar-refractivity contribution is 0.216. The van der Waals surface area contributed by atoms with Gasteiger partial charge in [0.15, 0.2) is 11.5 Å². The number of methoxy groups -OCH3 is 2. The highest BCUT2D eigenvalue weighted by Crippen LogP contribution is 2.34. The van der Waals surface area contributed by atoms with Crippen LogP contribution in [0.4, 0.5) is 11.8 Å². The van der Waals surface area contributed by atoms with Crippen molar-refractivity contribution in [1.82, 2.24) is 14.9 Å². The van der Waals surface area contributed by atoms with E-state index in [2.05, 4.69) is 21.8 Å². The van der Waals surface area contributed by atoms with Gasteiger partial charge in [-0.25, -0.2) is 4.98 Å². The van der Waals surface area contributed by atoms with Crippen LogP contribution in [0.1, 0.15) is 19.8 Å². The van der Waals surface area contributed by atoms with Gasteiger partial charge in [0, 0.05) is 37.6 Å². The van der Waals surface area contributed by atoms with Crippen LogP contribution in [0.5, 0.6) is 11.5 Å². The van der Waals surface area contributed by atoms with Crippen molar-refractivity contribution in [2.45, 2.75) is 19.8 Å². The lowest BCUT2D eigenvalue weighted by Gasteiger charge is -2.35. The van der Waals surface area contributed by atoms with Gasteiger partial charge in [0.2, 0.25) is 5.95 Å². The number of hydrogen-bond donors (Lipinski definition) is 2. The number of nitrogens with zero attached hydrogens (tertiary/aromatic N) is 4. The Balaban J connectivity index is 1.73. The van der Waals surface area contributed by atoms with Crippen molar-refractivity contribution in [1.29, 1.82) is 5.41 Å².